The van der Waals surface area contributed by atoms with Crippen LogP contribution in [0.4, 0.5) is 0 Å². The van der Waals surface area contributed by atoms with Crippen molar-refractivity contribution in [2.45, 2.75) is 19.3 Å². The molecule has 0 aliphatic heterocycles. The van der Waals surface area contributed by atoms with Crippen LogP contribution in [0.3, 0.4) is 0 Å². The molecule has 0 aliphatic carbocycles. The van der Waals surface area contributed by atoms with E-state index in [4.69, 9.17) is 27.9 Å². The molecule has 0 fully saturated rings. The number of carbonyl (C=O) groups is 2. The van der Waals surface area contributed by atoms with Crippen molar-refractivity contribution in [3.8, 4) is 11.5 Å². The Bertz CT molecular complexity index is 815. The average Bonchev–Trinajstić information content (AvgIpc) is 2.68. The quantitative estimate of drug-likeness (QED) is 0.506. The Labute approximate surface area is 173 Å². The second kappa shape index (κ2) is 11.4. The maximum absolute atomic E-state index is 11.9. The Kier molecular flexibility index (Phi) is 8.91. The molecule has 150 valence electrons. The summed E-state index contributed by atoms with van der Waals surface area (Å²) in [5, 5.41) is 15.7. The summed E-state index contributed by atoms with van der Waals surface area (Å²) in [5.74, 6) is 0.192. The van der Waals surface area contributed by atoms with Crippen molar-refractivity contribution in [3.63, 3.8) is 0 Å². The van der Waals surface area contributed by atoms with E-state index in [1.807, 2.05) is 0 Å². The standard InChI is InChI=1S/C20H22Cl2N2O4/c21-16-7-2-8-17(19(16)22)28-12-3-9-18(26)23-10-4-11-24-20(27)14-5-1-6-15(25)13-14/h1-2,5-8,13,25H,3-4,9-12H2,(H,23,26)(H,24,27). The lowest BCUT2D eigenvalue weighted by atomic mass is 10.2. The third-order valence-corrected chi connectivity index (χ3v) is 4.59. The molecule has 8 heteroatoms. The smallest absolute Gasteiger partial charge is 0.251 e. The average molecular weight is 425 g/mol. The van der Waals surface area contributed by atoms with E-state index < -0.39 is 0 Å². The number of amides is 2. The fraction of sp³-hybridized carbons (Fsp3) is 0.300. The lowest BCUT2D eigenvalue weighted by Gasteiger charge is -2.09. The van der Waals surface area contributed by atoms with Crippen LogP contribution in [0.5, 0.6) is 11.5 Å². The van der Waals surface area contributed by atoms with Crippen molar-refractivity contribution >= 4 is 35.0 Å². The molecule has 0 saturated heterocycles. The maximum atomic E-state index is 11.9. The summed E-state index contributed by atoms with van der Waals surface area (Å²) < 4.78 is 5.53. The molecule has 0 unspecified atom stereocenters. The van der Waals surface area contributed by atoms with Crippen molar-refractivity contribution in [3.05, 3.63) is 58.1 Å². The van der Waals surface area contributed by atoms with Crippen LogP contribution in [0.15, 0.2) is 42.5 Å². The summed E-state index contributed by atoms with van der Waals surface area (Å²) in [7, 11) is 0. The highest BCUT2D eigenvalue weighted by molar-refractivity contribution is 6.42. The molecule has 28 heavy (non-hydrogen) atoms. The second-order valence-electron chi connectivity index (χ2n) is 6.01. The molecular formula is C20H22Cl2N2O4. The SMILES string of the molecule is O=C(CCCOc1cccc(Cl)c1Cl)NCCCNC(=O)c1cccc(O)c1. The van der Waals surface area contributed by atoms with E-state index >= 15 is 0 Å². The fourth-order valence-corrected chi connectivity index (χ4v) is 2.71. The van der Waals surface area contributed by atoms with Crippen LogP contribution in [-0.2, 0) is 4.79 Å². The minimum absolute atomic E-state index is 0.0431. The molecule has 2 aromatic rings. The van der Waals surface area contributed by atoms with Crippen LogP contribution in [0.25, 0.3) is 0 Å². The number of aromatic hydroxyl groups is 1. The van der Waals surface area contributed by atoms with Crippen LogP contribution in [0, 0.1) is 0 Å². The molecule has 0 atom stereocenters. The van der Waals surface area contributed by atoms with E-state index in [2.05, 4.69) is 10.6 Å². The van der Waals surface area contributed by atoms with E-state index in [-0.39, 0.29) is 17.6 Å². The van der Waals surface area contributed by atoms with E-state index in [1.165, 1.54) is 12.1 Å². The molecule has 2 amide bonds. The number of hydrogen-bond donors (Lipinski definition) is 3. The van der Waals surface area contributed by atoms with Gasteiger partial charge in [0.15, 0.2) is 0 Å². The number of rotatable bonds is 10. The first-order valence-corrected chi connectivity index (χ1v) is 9.63. The van der Waals surface area contributed by atoms with E-state index in [0.717, 1.165) is 0 Å². The second-order valence-corrected chi connectivity index (χ2v) is 6.80. The molecule has 0 spiro atoms. The van der Waals surface area contributed by atoms with Gasteiger partial charge in [0, 0.05) is 25.1 Å². The molecule has 0 radical (unpaired) electrons. The summed E-state index contributed by atoms with van der Waals surface area (Å²) in [6.45, 7) is 1.23. The van der Waals surface area contributed by atoms with E-state index in [0.29, 0.717) is 60.3 Å². The van der Waals surface area contributed by atoms with Crippen LogP contribution in [0.1, 0.15) is 29.6 Å². The number of phenols is 1. The normalized spacial score (nSPS) is 10.4. The first kappa shape index (κ1) is 21.9. The predicted octanol–water partition coefficient (Wildman–Crippen LogP) is 3.79. The topological polar surface area (TPSA) is 87.7 Å². The lowest BCUT2D eigenvalue weighted by molar-refractivity contribution is -0.121. The molecule has 6 nitrogen and oxygen atoms in total. The van der Waals surface area contributed by atoms with Crippen LogP contribution < -0.4 is 15.4 Å². The predicted molar refractivity (Wildman–Crippen MR) is 109 cm³/mol. The summed E-state index contributed by atoms with van der Waals surface area (Å²) >= 11 is 11.9. The lowest BCUT2D eigenvalue weighted by Crippen LogP contribution is -2.29. The number of halogens is 2. The minimum Gasteiger partial charge on any atom is -0.508 e. The Balaban J connectivity index is 1.54. The van der Waals surface area contributed by atoms with Crippen LogP contribution >= 0.6 is 23.2 Å². The molecule has 0 aliphatic rings. The van der Waals surface area contributed by atoms with Gasteiger partial charge < -0.3 is 20.5 Å². The first-order chi connectivity index (χ1) is 13.5. The van der Waals surface area contributed by atoms with Crippen molar-refractivity contribution in [1.29, 1.82) is 0 Å². The van der Waals surface area contributed by atoms with E-state index in [1.54, 1.807) is 30.3 Å². The molecule has 0 saturated carbocycles. The maximum Gasteiger partial charge on any atom is 0.251 e. The zero-order chi connectivity index (χ0) is 20.4. The van der Waals surface area contributed by atoms with Gasteiger partial charge in [0.2, 0.25) is 5.91 Å². The van der Waals surface area contributed by atoms with Gasteiger partial charge in [-0.3, -0.25) is 9.59 Å². The molecule has 2 aromatic carbocycles. The van der Waals surface area contributed by atoms with Gasteiger partial charge in [0.05, 0.1) is 11.6 Å². The van der Waals surface area contributed by atoms with Gasteiger partial charge >= 0.3 is 0 Å². The van der Waals surface area contributed by atoms with Gasteiger partial charge in [-0.15, -0.1) is 0 Å². The van der Waals surface area contributed by atoms with Gasteiger partial charge in [-0.25, -0.2) is 0 Å². The highest BCUT2D eigenvalue weighted by Gasteiger charge is 2.07. The zero-order valence-electron chi connectivity index (χ0n) is 15.2. The zero-order valence-corrected chi connectivity index (χ0v) is 16.7. The van der Waals surface area contributed by atoms with Gasteiger partial charge in [-0.1, -0.05) is 35.3 Å². The monoisotopic (exact) mass is 424 g/mol. The highest BCUT2D eigenvalue weighted by Crippen LogP contribution is 2.31. The summed E-state index contributed by atoms with van der Waals surface area (Å²) in [6, 6.07) is 11.3. The van der Waals surface area contributed by atoms with Crippen molar-refractivity contribution < 1.29 is 19.4 Å². The number of nitrogens with one attached hydrogen (secondary N) is 2. The largest absolute Gasteiger partial charge is 0.508 e. The number of hydrogen-bond acceptors (Lipinski definition) is 4. The van der Waals surface area contributed by atoms with Crippen LogP contribution in [-0.4, -0.2) is 36.6 Å². The van der Waals surface area contributed by atoms with Crippen molar-refractivity contribution in [1.82, 2.24) is 10.6 Å². The fourth-order valence-electron chi connectivity index (χ4n) is 2.37. The molecule has 0 heterocycles. The Morgan fingerprint density at radius 2 is 1.75 bits per heavy atom. The first-order valence-electron chi connectivity index (χ1n) is 8.88. The molecular weight excluding hydrogens is 403 g/mol. The number of phenolic OH excluding ortho intramolecular Hbond substituents is 1. The van der Waals surface area contributed by atoms with Gasteiger partial charge in [-0.2, -0.15) is 0 Å². The highest BCUT2D eigenvalue weighted by atomic mass is 35.5. The van der Waals surface area contributed by atoms with Gasteiger partial charge in [0.25, 0.3) is 5.91 Å². The molecule has 0 bridgehead atoms. The van der Waals surface area contributed by atoms with Crippen molar-refractivity contribution in [2.24, 2.45) is 0 Å². The summed E-state index contributed by atoms with van der Waals surface area (Å²) in [5.41, 5.74) is 0.392. The Morgan fingerprint density at radius 1 is 1.00 bits per heavy atom. The molecule has 2 rings (SSSR count). The Morgan fingerprint density at radius 3 is 2.54 bits per heavy atom. The van der Waals surface area contributed by atoms with Gasteiger partial charge in [-0.05, 0) is 43.2 Å². The third-order valence-electron chi connectivity index (χ3n) is 3.79. The molecule has 3 N–H and O–H groups in total. The number of ether oxygens (including phenoxy) is 1. The summed E-state index contributed by atoms with van der Waals surface area (Å²) in [6.07, 6.45) is 1.47. The van der Waals surface area contributed by atoms with Crippen molar-refractivity contribution in [2.75, 3.05) is 19.7 Å². The Hall–Kier alpha value is -2.44. The van der Waals surface area contributed by atoms with Gasteiger partial charge in [0.1, 0.15) is 16.5 Å². The number of benzene rings is 2. The van der Waals surface area contributed by atoms with Crippen LogP contribution in [0.2, 0.25) is 10.0 Å². The van der Waals surface area contributed by atoms with E-state index in [9.17, 15) is 14.7 Å². The summed E-state index contributed by atoms with van der Waals surface area (Å²) in [4.78, 5) is 23.7. The third kappa shape index (κ3) is 7.29. The minimum atomic E-state index is -0.265. The molecule has 0 aromatic heterocycles. The number of carbonyl (C=O) groups excluding carboxylic acids is 2.